The van der Waals surface area contributed by atoms with Gasteiger partial charge in [-0.3, -0.25) is 0 Å². The number of aromatic hydroxyl groups is 1. The SMILES string of the molecule is Cc1cc(-c2nnc(COC(=O)c3ccc(O)cc3)o2)c(C)o1. The summed E-state index contributed by atoms with van der Waals surface area (Å²) in [4.78, 5) is 11.9. The van der Waals surface area contributed by atoms with Crippen molar-refractivity contribution in [2.75, 3.05) is 0 Å². The smallest absolute Gasteiger partial charge is 0.338 e. The van der Waals surface area contributed by atoms with E-state index in [9.17, 15) is 9.90 Å². The summed E-state index contributed by atoms with van der Waals surface area (Å²) >= 11 is 0. The van der Waals surface area contributed by atoms with Crippen molar-refractivity contribution in [2.24, 2.45) is 0 Å². The van der Waals surface area contributed by atoms with Gasteiger partial charge in [0.25, 0.3) is 11.8 Å². The molecule has 7 heteroatoms. The van der Waals surface area contributed by atoms with Crippen molar-refractivity contribution in [2.45, 2.75) is 20.5 Å². The van der Waals surface area contributed by atoms with E-state index in [1.165, 1.54) is 24.3 Å². The molecule has 0 fully saturated rings. The number of aryl methyl sites for hydroxylation is 2. The average molecular weight is 314 g/mol. The van der Waals surface area contributed by atoms with Crippen molar-refractivity contribution in [3.8, 4) is 17.2 Å². The second kappa shape index (κ2) is 5.96. The highest BCUT2D eigenvalue weighted by atomic mass is 16.5. The van der Waals surface area contributed by atoms with Gasteiger partial charge in [0.15, 0.2) is 6.61 Å². The van der Waals surface area contributed by atoms with E-state index >= 15 is 0 Å². The Morgan fingerprint density at radius 1 is 1.17 bits per heavy atom. The number of esters is 1. The first-order valence-electron chi connectivity index (χ1n) is 6.89. The van der Waals surface area contributed by atoms with Crippen molar-refractivity contribution in [1.29, 1.82) is 0 Å². The van der Waals surface area contributed by atoms with Crippen molar-refractivity contribution in [1.82, 2.24) is 10.2 Å². The number of hydrogen-bond donors (Lipinski definition) is 1. The number of ether oxygens (including phenoxy) is 1. The van der Waals surface area contributed by atoms with Gasteiger partial charge in [-0.1, -0.05) is 0 Å². The summed E-state index contributed by atoms with van der Waals surface area (Å²) in [6.45, 7) is 3.49. The Labute approximate surface area is 131 Å². The summed E-state index contributed by atoms with van der Waals surface area (Å²) in [6.07, 6.45) is 0. The third-order valence-electron chi connectivity index (χ3n) is 3.17. The Kier molecular flexibility index (Phi) is 3.84. The van der Waals surface area contributed by atoms with Gasteiger partial charge in [-0.25, -0.2) is 4.79 Å². The molecule has 118 valence electrons. The molecule has 0 aliphatic carbocycles. The van der Waals surface area contributed by atoms with Crippen LogP contribution in [0.15, 0.2) is 39.2 Å². The fourth-order valence-electron chi connectivity index (χ4n) is 2.07. The number of phenols is 1. The zero-order valence-corrected chi connectivity index (χ0v) is 12.6. The lowest BCUT2D eigenvalue weighted by atomic mass is 10.2. The first kappa shape index (κ1) is 14.8. The number of nitrogens with zero attached hydrogens (tertiary/aromatic N) is 2. The van der Waals surface area contributed by atoms with E-state index in [0.717, 1.165) is 5.76 Å². The minimum Gasteiger partial charge on any atom is -0.508 e. The van der Waals surface area contributed by atoms with Crippen LogP contribution in [0.25, 0.3) is 11.5 Å². The highest BCUT2D eigenvalue weighted by Gasteiger charge is 2.16. The lowest BCUT2D eigenvalue weighted by molar-refractivity contribution is 0.0438. The van der Waals surface area contributed by atoms with Crippen LogP contribution in [-0.4, -0.2) is 21.3 Å². The number of phenolic OH excluding ortho intramolecular Hbond substituents is 1. The van der Waals surface area contributed by atoms with Crippen LogP contribution in [0.5, 0.6) is 5.75 Å². The standard InChI is InChI=1S/C16H14N2O5/c1-9-7-13(10(2)22-9)15-18-17-14(23-15)8-21-16(20)11-3-5-12(19)6-4-11/h3-7,19H,8H2,1-2H3. The third-order valence-corrected chi connectivity index (χ3v) is 3.17. The molecule has 0 unspecified atom stereocenters. The normalized spacial score (nSPS) is 10.7. The van der Waals surface area contributed by atoms with Gasteiger partial charge in [0.05, 0.1) is 11.1 Å². The van der Waals surface area contributed by atoms with Crippen molar-refractivity contribution >= 4 is 5.97 Å². The van der Waals surface area contributed by atoms with E-state index in [1.807, 2.05) is 6.92 Å². The molecule has 3 rings (SSSR count). The van der Waals surface area contributed by atoms with Crippen molar-refractivity contribution in [3.05, 3.63) is 53.3 Å². The Morgan fingerprint density at radius 3 is 2.57 bits per heavy atom. The molecule has 7 nitrogen and oxygen atoms in total. The third kappa shape index (κ3) is 3.23. The Bertz CT molecular complexity index is 833. The van der Waals surface area contributed by atoms with Crippen LogP contribution in [0.1, 0.15) is 27.8 Å². The van der Waals surface area contributed by atoms with E-state index in [2.05, 4.69) is 10.2 Å². The van der Waals surface area contributed by atoms with E-state index in [0.29, 0.717) is 22.8 Å². The number of hydrogen-bond acceptors (Lipinski definition) is 7. The zero-order valence-electron chi connectivity index (χ0n) is 12.6. The second-order valence-electron chi connectivity index (χ2n) is 4.95. The van der Waals surface area contributed by atoms with Gasteiger partial charge in [-0.15, -0.1) is 10.2 Å². The van der Waals surface area contributed by atoms with Crippen LogP contribution < -0.4 is 0 Å². The summed E-state index contributed by atoms with van der Waals surface area (Å²) in [7, 11) is 0. The van der Waals surface area contributed by atoms with Gasteiger partial charge in [0.2, 0.25) is 0 Å². The predicted octanol–water partition coefficient (Wildman–Crippen LogP) is 3.01. The predicted molar refractivity (Wildman–Crippen MR) is 78.7 cm³/mol. The number of aromatic nitrogens is 2. The number of carbonyl (C=O) groups is 1. The lowest BCUT2D eigenvalue weighted by Gasteiger charge is -2.01. The molecule has 0 bridgehead atoms. The zero-order chi connectivity index (χ0) is 16.4. The van der Waals surface area contributed by atoms with E-state index in [4.69, 9.17) is 13.6 Å². The molecule has 0 saturated heterocycles. The van der Waals surface area contributed by atoms with Gasteiger partial charge in [-0.05, 0) is 44.2 Å². The molecule has 0 spiro atoms. The van der Waals surface area contributed by atoms with Crippen molar-refractivity contribution in [3.63, 3.8) is 0 Å². The molecule has 0 amide bonds. The minimum absolute atomic E-state index is 0.0777. The molecule has 2 aromatic heterocycles. The molecule has 1 aromatic carbocycles. The van der Waals surface area contributed by atoms with Crippen LogP contribution in [-0.2, 0) is 11.3 Å². The first-order chi connectivity index (χ1) is 11.0. The topological polar surface area (TPSA) is 98.6 Å². The molecule has 3 aromatic rings. The van der Waals surface area contributed by atoms with Gasteiger partial charge in [0, 0.05) is 0 Å². The Hall–Kier alpha value is -3.09. The molecule has 1 N–H and O–H groups in total. The van der Waals surface area contributed by atoms with Crippen LogP contribution in [0.4, 0.5) is 0 Å². The van der Waals surface area contributed by atoms with E-state index < -0.39 is 5.97 Å². The Morgan fingerprint density at radius 2 is 1.91 bits per heavy atom. The van der Waals surface area contributed by atoms with E-state index in [1.54, 1.807) is 13.0 Å². The van der Waals surface area contributed by atoms with Gasteiger partial charge < -0.3 is 18.7 Å². The molecule has 0 radical (unpaired) electrons. The molecular formula is C16H14N2O5. The Balaban J connectivity index is 1.66. The maximum atomic E-state index is 11.9. The number of furan rings is 1. The van der Waals surface area contributed by atoms with Crippen LogP contribution in [0.2, 0.25) is 0 Å². The molecule has 0 atom stereocenters. The first-order valence-corrected chi connectivity index (χ1v) is 6.89. The monoisotopic (exact) mass is 314 g/mol. The van der Waals surface area contributed by atoms with E-state index in [-0.39, 0.29) is 18.2 Å². The van der Waals surface area contributed by atoms with Gasteiger partial charge in [-0.2, -0.15) is 0 Å². The number of benzene rings is 1. The number of rotatable bonds is 4. The summed E-state index contributed by atoms with van der Waals surface area (Å²) in [6, 6.07) is 7.55. The quantitative estimate of drug-likeness (QED) is 0.739. The van der Waals surface area contributed by atoms with Gasteiger partial charge >= 0.3 is 5.97 Å². The molecular weight excluding hydrogens is 300 g/mol. The second-order valence-corrected chi connectivity index (χ2v) is 4.95. The summed E-state index contributed by atoms with van der Waals surface area (Å²) in [5, 5.41) is 17.0. The largest absolute Gasteiger partial charge is 0.508 e. The summed E-state index contributed by atoms with van der Waals surface area (Å²) < 4.78 is 16.0. The summed E-state index contributed by atoms with van der Waals surface area (Å²) in [5.41, 5.74) is 1.04. The highest BCUT2D eigenvalue weighted by Crippen LogP contribution is 2.25. The van der Waals surface area contributed by atoms with Crippen LogP contribution in [0.3, 0.4) is 0 Å². The average Bonchev–Trinajstić information content (AvgIpc) is 3.11. The van der Waals surface area contributed by atoms with Crippen molar-refractivity contribution < 1.29 is 23.5 Å². The molecule has 23 heavy (non-hydrogen) atoms. The van der Waals surface area contributed by atoms with Crippen LogP contribution in [0, 0.1) is 13.8 Å². The molecule has 2 heterocycles. The van der Waals surface area contributed by atoms with Gasteiger partial charge in [0.1, 0.15) is 17.3 Å². The minimum atomic E-state index is -0.542. The van der Waals surface area contributed by atoms with Crippen LogP contribution >= 0.6 is 0 Å². The molecule has 0 aliphatic rings. The fourth-order valence-corrected chi connectivity index (χ4v) is 2.07. The number of carbonyl (C=O) groups excluding carboxylic acids is 1. The maximum Gasteiger partial charge on any atom is 0.338 e. The molecule has 0 aliphatic heterocycles. The summed E-state index contributed by atoms with van der Waals surface area (Å²) in [5.74, 6) is 1.46. The highest BCUT2D eigenvalue weighted by molar-refractivity contribution is 5.89. The lowest BCUT2D eigenvalue weighted by Crippen LogP contribution is -2.05. The molecule has 0 saturated carbocycles. The fraction of sp³-hybridized carbons (Fsp3) is 0.188. The maximum absolute atomic E-state index is 11.9.